The van der Waals surface area contributed by atoms with E-state index in [0.29, 0.717) is 32.6 Å². The van der Waals surface area contributed by atoms with Gasteiger partial charge in [0.05, 0.1) is 5.75 Å². The van der Waals surface area contributed by atoms with Crippen molar-refractivity contribution in [2.75, 3.05) is 43.4 Å². The maximum atomic E-state index is 12.2. The monoisotopic (exact) mass is 326 g/mol. The maximum Gasteiger partial charge on any atom is 0.219 e. The third-order valence-corrected chi connectivity index (χ3v) is 5.48. The highest BCUT2D eigenvalue weighted by Gasteiger charge is 2.27. The molecule has 8 heteroatoms. The minimum Gasteiger partial charge on any atom is -0.355 e. The van der Waals surface area contributed by atoms with Gasteiger partial charge in [-0.3, -0.25) is 4.79 Å². The first-order chi connectivity index (χ1) is 10.5. The van der Waals surface area contributed by atoms with Crippen LogP contribution in [0.3, 0.4) is 0 Å². The van der Waals surface area contributed by atoms with Crippen molar-refractivity contribution in [2.45, 2.75) is 13.3 Å². The zero-order chi connectivity index (χ0) is 16.0. The third-order valence-electron chi connectivity index (χ3n) is 3.61. The molecule has 1 saturated heterocycles. The lowest BCUT2D eigenvalue weighted by molar-refractivity contribution is -0.120. The second-order valence-electron chi connectivity index (χ2n) is 5.09. The lowest BCUT2D eigenvalue weighted by atomic mass is 10.3. The summed E-state index contributed by atoms with van der Waals surface area (Å²) in [6.45, 7) is 4.03. The van der Waals surface area contributed by atoms with Crippen LogP contribution < -0.4 is 10.2 Å². The van der Waals surface area contributed by atoms with Gasteiger partial charge in [-0.1, -0.05) is 13.0 Å². The number of aromatic nitrogens is 1. The Bertz CT molecular complexity index is 583. The van der Waals surface area contributed by atoms with E-state index in [0.717, 1.165) is 5.82 Å². The number of piperazine rings is 1. The molecule has 0 saturated carbocycles. The number of hydrogen-bond acceptors (Lipinski definition) is 5. The van der Waals surface area contributed by atoms with Gasteiger partial charge in [-0.25, -0.2) is 13.4 Å². The summed E-state index contributed by atoms with van der Waals surface area (Å²) in [7, 11) is -3.32. The topological polar surface area (TPSA) is 82.6 Å². The molecule has 0 radical (unpaired) electrons. The minimum absolute atomic E-state index is 0.0532. The smallest absolute Gasteiger partial charge is 0.219 e. The lowest BCUT2D eigenvalue weighted by Gasteiger charge is -2.34. The lowest BCUT2D eigenvalue weighted by Crippen LogP contribution is -2.50. The van der Waals surface area contributed by atoms with Gasteiger partial charge in [0.2, 0.25) is 15.9 Å². The van der Waals surface area contributed by atoms with Crippen LogP contribution in [-0.4, -0.2) is 62.1 Å². The summed E-state index contributed by atoms with van der Waals surface area (Å²) < 4.78 is 26.0. The molecule has 0 aliphatic carbocycles. The molecule has 0 spiro atoms. The molecule has 1 aliphatic heterocycles. The van der Waals surface area contributed by atoms with Crippen LogP contribution in [0.5, 0.6) is 0 Å². The highest BCUT2D eigenvalue weighted by atomic mass is 32.2. The van der Waals surface area contributed by atoms with E-state index in [1.54, 1.807) is 13.1 Å². The first-order valence-corrected chi connectivity index (χ1v) is 9.04. The van der Waals surface area contributed by atoms with Gasteiger partial charge in [-0.05, 0) is 12.1 Å². The molecule has 2 heterocycles. The van der Waals surface area contributed by atoms with Crippen LogP contribution >= 0.6 is 0 Å². The summed E-state index contributed by atoms with van der Waals surface area (Å²) in [4.78, 5) is 17.5. The number of amides is 1. The van der Waals surface area contributed by atoms with E-state index in [1.807, 2.05) is 18.2 Å². The van der Waals surface area contributed by atoms with Gasteiger partial charge in [0.1, 0.15) is 5.82 Å². The first-order valence-electron chi connectivity index (χ1n) is 7.43. The van der Waals surface area contributed by atoms with Crippen LogP contribution in [0.15, 0.2) is 24.4 Å². The number of rotatable bonds is 6. The normalized spacial score (nSPS) is 16.5. The van der Waals surface area contributed by atoms with Gasteiger partial charge in [-0.2, -0.15) is 4.31 Å². The molecular formula is C14H22N4O3S. The number of pyridine rings is 1. The van der Waals surface area contributed by atoms with E-state index in [4.69, 9.17) is 0 Å². The van der Waals surface area contributed by atoms with Gasteiger partial charge in [-0.15, -0.1) is 0 Å². The molecular weight excluding hydrogens is 304 g/mol. The minimum atomic E-state index is -3.32. The molecule has 1 N–H and O–H groups in total. The van der Waals surface area contributed by atoms with Crippen molar-refractivity contribution in [3.05, 3.63) is 24.4 Å². The molecule has 122 valence electrons. The van der Waals surface area contributed by atoms with E-state index >= 15 is 0 Å². The summed E-state index contributed by atoms with van der Waals surface area (Å²) in [6.07, 6.45) is 2.09. The van der Waals surface area contributed by atoms with Crippen LogP contribution in [0.2, 0.25) is 0 Å². The number of hydrogen-bond donors (Lipinski definition) is 1. The molecule has 1 aromatic heterocycles. The number of anilines is 1. The number of sulfonamides is 1. The molecule has 1 aliphatic rings. The number of carbonyl (C=O) groups is 1. The van der Waals surface area contributed by atoms with Crippen LogP contribution in [0, 0.1) is 0 Å². The van der Waals surface area contributed by atoms with E-state index in [9.17, 15) is 13.2 Å². The third kappa shape index (κ3) is 4.41. The Kier molecular flexibility index (Phi) is 5.73. The van der Waals surface area contributed by atoms with Crippen molar-refractivity contribution in [2.24, 2.45) is 0 Å². The molecule has 7 nitrogen and oxygen atoms in total. The van der Waals surface area contributed by atoms with Crippen LogP contribution in [0.25, 0.3) is 0 Å². The van der Waals surface area contributed by atoms with Crippen LogP contribution in [0.4, 0.5) is 5.82 Å². The molecule has 1 fully saturated rings. The predicted octanol–water partition coefficient (Wildman–Crippen LogP) is 0.0596. The Morgan fingerprint density at radius 1 is 1.27 bits per heavy atom. The Labute approximate surface area is 131 Å². The van der Waals surface area contributed by atoms with Gasteiger partial charge >= 0.3 is 0 Å². The fourth-order valence-electron chi connectivity index (χ4n) is 2.31. The van der Waals surface area contributed by atoms with Gasteiger partial charge in [0, 0.05) is 45.3 Å². The highest BCUT2D eigenvalue weighted by Crippen LogP contribution is 2.14. The second-order valence-corrected chi connectivity index (χ2v) is 7.18. The van der Waals surface area contributed by atoms with Crippen LogP contribution in [0.1, 0.15) is 13.3 Å². The summed E-state index contributed by atoms with van der Waals surface area (Å²) >= 11 is 0. The summed E-state index contributed by atoms with van der Waals surface area (Å²) in [5.41, 5.74) is 0. The van der Waals surface area contributed by atoms with Crippen molar-refractivity contribution >= 4 is 21.7 Å². The summed E-state index contributed by atoms with van der Waals surface area (Å²) in [5, 5.41) is 2.60. The number of nitrogens with one attached hydrogen (secondary N) is 1. The second kappa shape index (κ2) is 7.55. The summed E-state index contributed by atoms with van der Waals surface area (Å²) in [6, 6.07) is 5.70. The van der Waals surface area contributed by atoms with Crippen molar-refractivity contribution in [3.63, 3.8) is 0 Å². The molecule has 1 aromatic rings. The van der Waals surface area contributed by atoms with Crippen LogP contribution in [-0.2, 0) is 14.8 Å². The average Bonchev–Trinajstić information content (AvgIpc) is 2.55. The largest absolute Gasteiger partial charge is 0.355 e. The first kappa shape index (κ1) is 16.7. The zero-order valence-corrected chi connectivity index (χ0v) is 13.6. The number of carbonyl (C=O) groups excluding carboxylic acids is 1. The Morgan fingerprint density at radius 3 is 2.59 bits per heavy atom. The van der Waals surface area contributed by atoms with Crippen molar-refractivity contribution in [1.82, 2.24) is 14.6 Å². The summed E-state index contributed by atoms with van der Waals surface area (Å²) in [5.74, 6) is 0.687. The van der Waals surface area contributed by atoms with E-state index in [-0.39, 0.29) is 18.2 Å². The van der Waals surface area contributed by atoms with E-state index in [1.165, 1.54) is 4.31 Å². The molecule has 0 unspecified atom stereocenters. The van der Waals surface area contributed by atoms with Gasteiger partial charge < -0.3 is 10.2 Å². The quantitative estimate of drug-likeness (QED) is 0.799. The maximum absolute atomic E-state index is 12.2. The molecule has 0 atom stereocenters. The highest BCUT2D eigenvalue weighted by molar-refractivity contribution is 7.89. The van der Waals surface area contributed by atoms with Gasteiger partial charge in [0.15, 0.2) is 0 Å². The van der Waals surface area contributed by atoms with Crippen molar-refractivity contribution < 1.29 is 13.2 Å². The standard InChI is InChI=1S/C14H22N4O3S/c1-2-14(19)16-7-12-22(20,21)18-10-8-17(9-11-18)13-5-3-4-6-15-13/h3-6H,2,7-12H2,1H3,(H,16,19). The Balaban J connectivity index is 1.84. The van der Waals surface area contributed by atoms with E-state index < -0.39 is 10.0 Å². The molecule has 0 bridgehead atoms. The average molecular weight is 326 g/mol. The van der Waals surface area contributed by atoms with E-state index in [2.05, 4.69) is 15.2 Å². The van der Waals surface area contributed by atoms with Crippen molar-refractivity contribution in [3.8, 4) is 0 Å². The SMILES string of the molecule is CCC(=O)NCCS(=O)(=O)N1CCN(c2ccccn2)CC1. The number of nitrogens with zero attached hydrogens (tertiary/aromatic N) is 3. The van der Waals surface area contributed by atoms with Gasteiger partial charge in [0.25, 0.3) is 0 Å². The molecule has 0 aromatic carbocycles. The zero-order valence-electron chi connectivity index (χ0n) is 12.7. The molecule has 2 rings (SSSR count). The Hall–Kier alpha value is -1.67. The van der Waals surface area contributed by atoms with Crippen molar-refractivity contribution in [1.29, 1.82) is 0 Å². The predicted molar refractivity (Wildman–Crippen MR) is 85.1 cm³/mol. The Morgan fingerprint density at radius 2 is 2.00 bits per heavy atom. The fraction of sp³-hybridized carbons (Fsp3) is 0.571. The molecule has 22 heavy (non-hydrogen) atoms. The molecule has 1 amide bonds. The fourth-order valence-corrected chi connectivity index (χ4v) is 3.65.